The molecule has 1 aliphatic heterocycles. The minimum Gasteiger partial charge on any atom is -0.493 e. The van der Waals surface area contributed by atoms with Crippen molar-refractivity contribution in [2.75, 3.05) is 11.9 Å². The van der Waals surface area contributed by atoms with Crippen LogP contribution >= 0.6 is 0 Å². The maximum atomic E-state index is 12.5. The summed E-state index contributed by atoms with van der Waals surface area (Å²) in [7, 11) is 1.82. The Morgan fingerprint density at radius 2 is 2.12 bits per heavy atom. The van der Waals surface area contributed by atoms with Gasteiger partial charge in [-0.15, -0.1) is 0 Å². The summed E-state index contributed by atoms with van der Waals surface area (Å²) in [6, 6.07) is 7.91. The molecular weight excluding hydrogens is 316 g/mol. The quantitative estimate of drug-likeness (QED) is 0.799. The number of nitrogens with one attached hydrogen (secondary N) is 1. The van der Waals surface area contributed by atoms with Gasteiger partial charge in [-0.05, 0) is 36.2 Å². The molecule has 0 atom stereocenters. The van der Waals surface area contributed by atoms with Crippen LogP contribution in [-0.4, -0.2) is 27.3 Å². The van der Waals surface area contributed by atoms with Gasteiger partial charge in [0.2, 0.25) is 0 Å². The lowest BCUT2D eigenvalue weighted by Gasteiger charge is -2.07. The molecule has 25 heavy (non-hydrogen) atoms. The molecule has 126 valence electrons. The number of hydrogen-bond acceptors (Lipinski definition) is 4. The molecule has 0 aliphatic carbocycles. The smallest absolute Gasteiger partial charge is 0.258 e. The zero-order valence-electron chi connectivity index (χ0n) is 14.1. The van der Waals surface area contributed by atoms with E-state index in [-0.39, 0.29) is 5.91 Å². The van der Waals surface area contributed by atoms with E-state index in [9.17, 15) is 4.79 Å². The van der Waals surface area contributed by atoms with E-state index in [2.05, 4.69) is 21.5 Å². The number of carbonyl (C=O) groups is 1. The predicted octanol–water partition coefficient (Wildman–Crippen LogP) is 2.98. The normalized spacial score (nSPS) is 12.6. The Labute approximate surface area is 145 Å². The van der Waals surface area contributed by atoms with Crippen molar-refractivity contribution in [1.82, 2.24) is 14.8 Å². The van der Waals surface area contributed by atoms with Crippen molar-refractivity contribution in [3.05, 3.63) is 59.5 Å². The predicted molar refractivity (Wildman–Crippen MR) is 94.8 cm³/mol. The van der Waals surface area contributed by atoms with Crippen LogP contribution in [0.15, 0.2) is 42.9 Å². The Morgan fingerprint density at radius 3 is 2.92 bits per heavy atom. The third-order valence-electron chi connectivity index (χ3n) is 4.27. The van der Waals surface area contributed by atoms with Gasteiger partial charge in [-0.25, -0.2) is 0 Å². The van der Waals surface area contributed by atoms with E-state index in [1.807, 2.05) is 38.4 Å². The van der Waals surface area contributed by atoms with Gasteiger partial charge in [-0.2, -0.15) is 5.10 Å². The molecule has 6 heteroatoms. The number of rotatable bonds is 3. The average Bonchev–Trinajstić information content (AvgIpc) is 3.20. The van der Waals surface area contributed by atoms with Crippen LogP contribution in [0.25, 0.3) is 11.1 Å². The minimum atomic E-state index is -0.222. The molecule has 1 aliphatic rings. The van der Waals surface area contributed by atoms with Crippen LogP contribution in [0.4, 0.5) is 5.82 Å². The van der Waals surface area contributed by atoms with Crippen LogP contribution in [-0.2, 0) is 13.5 Å². The zero-order chi connectivity index (χ0) is 17.4. The Bertz CT molecular complexity index is 962. The van der Waals surface area contributed by atoms with Gasteiger partial charge in [0, 0.05) is 43.2 Å². The average molecular weight is 334 g/mol. The highest BCUT2D eigenvalue weighted by Crippen LogP contribution is 2.30. The molecule has 3 heterocycles. The van der Waals surface area contributed by atoms with E-state index in [1.165, 1.54) is 5.56 Å². The van der Waals surface area contributed by atoms with E-state index in [1.54, 1.807) is 17.1 Å². The van der Waals surface area contributed by atoms with E-state index >= 15 is 0 Å². The second-order valence-corrected chi connectivity index (χ2v) is 6.17. The molecule has 1 aromatic carbocycles. The number of aryl methyl sites for hydroxylation is 2. The van der Waals surface area contributed by atoms with Crippen molar-refractivity contribution in [3.63, 3.8) is 0 Å². The van der Waals surface area contributed by atoms with Gasteiger partial charge in [-0.1, -0.05) is 6.07 Å². The molecule has 1 N–H and O–H groups in total. The number of hydrogen-bond donors (Lipinski definition) is 1. The van der Waals surface area contributed by atoms with Gasteiger partial charge in [-0.3, -0.25) is 14.5 Å². The number of nitrogens with zero attached hydrogens (tertiary/aromatic N) is 3. The van der Waals surface area contributed by atoms with Crippen molar-refractivity contribution in [2.45, 2.75) is 13.3 Å². The fourth-order valence-corrected chi connectivity index (χ4v) is 3.00. The van der Waals surface area contributed by atoms with Crippen LogP contribution < -0.4 is 10.1 Å². The van der Waals surface area contributed by atoms with Crippen molar-refractivity contribution < 1.29 is 9.53 Å². The van der Waals surface area contributed by atoms with Crippen molar-refractivity contribution >= 4 is 11.7 Å². The largest absolute Gasteiger partial charge is 0.493 e. The second-order valence-electron chi connectivity index (χ2n) is 6.17. The van der Waals surface area contributed by atoms with Crippen molar-refractivity contribution in [3.8, 4) is 16.9 Å². The molecule has 0 saturated heterocycles. The van der Waals surface area contributed by atoms with Crippen molar-refractivity contribution in [2.24, 2.45) is 7.05 Å². The lowest BCUT2D eigenvalue weighted by Crippen LogP contribution is -2.13. The van der Waals surface area contributed by atoms with Crippen LogP contribution in [0.3, 0.4) is 0 Å². The van der Waals surface area contributed by atoms with E-state index in [0.717, 1.165) is 35.5 Å². The van der Waals surface area contributed by atoms with Crippen LogP contribution in [0.2, 0.25) is 0 Å². The summed E-state index contributed by atoms with van der Waals surface area (Å²) < 4.78 is 7.22. The summed E-state index contributed by atoms with van der Waals surface area (Å²) in [5, 5.41) is 7.08. The van der Waals surface area contributed by atoms with Gasteiger partial charge in [0.15, 0.2) is 5.82 Å². The zero-order valence-corrected chi connectivity index (χ0v) is 14.1. The Balaban J connectivity index is 1.61. The maximum Gasteiger partial charge on any atom is 0.258 e. The Morgan fingerprint density at radius 1 is 1.24 bits per heavy atom. The van der Waals surface area contributed by atoms with Gasteiger partial charge in [0.1, 0.15) is 5.75 Å². The van der Waals surface area contributed by atoms with Gasteiger partial charge >= 0.3 is 0 Å². The van der Waals surface area contributed by atoms with Crippen LogP contribution in [0.1, 0.15) is 21.5 Å². The summed E-state index contributed by atoms with van der Waals surface area (Å²) in [5.41, 5.74) is 4.54. The van der Waals surface area contributed by atoms with Crippen LogP contribution in [0, 0.1) is 6.92 Å². The highest BCUT2D eigenvalue weighted by molar-refractivity contribution is 6.04. The van der Waals surface area contributed by atoms with Gasteiger partial charge < -0.3 is 10.1 Å². The molecule has 3 aromatic rings. The first-order valence-corrected chi connectivity index (χ1v) is 8.13. The van der Waals surface area contributed by atoms with Gasteiger partial charge in [0.25, 0.3) is 5.91 Å². The summed E-state index contributed by atoms with van der Waals surface area (Å²) in [5.74, 6) is 1.28. The molecule has 0 fully saturated rings. The monoisotopic (exact) mass is 334 g/mol. The number of fused-ring (bicyclic) bond motifs is 1. The van der Waals surface area contributed by atoms with E-state index in [4.69, 9.17) is 4.74 Å². The number of pyridine rings is 1. The summed E-state index contributed by atoms with van der Waals surface area (Å²) in [4.78, 5) is 16.8. The summed E-state index contributed by atoms with van der Waals surface area (Å²) in [6.45, 7) is 2.63. The Kier molecular flexibility index (Phi) is 3.72. The van der Waals surface area contributed by atoms with E-state index in [0.29, 0.717) is 11.4 Å². The summed E-state index contributed by atoms with van der Waals surface area (Å²) >= 11 is 0. The number of amides is 1. The van der Waals surface area contributed by atoms with Gasteiger partial charge in [0.05, 0.1) is 12.2 Å². The topological polar surface area (TPSA) is 69.0 Å². The number of ether oxygens (including phenoxy) is 1. The Hall–Kier alpha value is -3.15. The molecule has 4 rings (SSSR count). The fraction of sp³-hybridized carbons (Fsp3) is 0.211. The molecular formula is C19H18N4O2. The highest BCUT2D eigenvalue weighted by atomic mass is 16.5. The molecule has 0 radical (unpaired) electrons. The molecule has 0 bridgehead atoms. The number of aromatic nitrogens is 3. The third-order valence-corrected chi connectivity index (χ3v) is 4.27. The molecule has 2 aromatic heterocycles. The number of carbonyl (C=O) groups excluding carboxylic acids is 1. The molecule has 0 spiro atoms. The first-order chi connectivity index (χ1) is 12.1. The maximum absolute atomic E-state index is 12.5. The highest BCUT2D eigenvalue weighted by Gasteiger charge is 2.15. The molecule has 0 unspecified atom stereocenters. The first-order valence-electron chi connectivity index (χ1n) is 8.13. The number of benzene rings is 1. The molecule has 6 nitrogen and oxygen atoms in total. The van der Waals surface area contributed by atoms with Crippen LogP contribution in [0.5, 0.6) is 5.75 Å². The lowest BCUT2D eigenvalue weighted by molar-refractivity contribution is 0.102. The summed E-state index contributed by atoms with van der Waals surface area (Å²) in [6.07, 6.45) is 6.10. The standard InChI is InChI=1S/C19H18N4O2/c1-12-11-23(2)22-18(12)21-19(24)16-8-15(9-20-10-16)13-3-4-17-14(7-13)5-6-25-17/h3-4,7-11H,5-6H2,1-2H3,(H,21,22,24). The molecule has 1 amide bonds. The molecule has 0 saturated carbocycles. The SMILES string of the molecule is Cc1cn(C)nc1NC(=O)c1cncc(-c2ccc3c(c2)CCO3)c1. The fourth-order valence-electron chi connectivity index (χ4n) is 3.00. The number of anilines is 1. The van der Waals surface area contributed by atoms with E-state index < -0.39 is 0 Å². The third kappa shape index (κ3) is 2.98. The van der Waals surface area contributed by atoms with Crippen molar-refractivity contribution in [1.29, 1.82) is 0 Å². The first kappa shape index (κ1) is 15.4. The second kappa shape index (κ2) is 6.05. The lowest BCUT2D eigenvalue weighted by atomic mass is 10.0. The minimum absolute atomic E-state index is 0.222.